The van der Waals surface area contributed by atoms with Gasteiger partial charge < -0.3 is 11.1 Å². The van der Waals surface area contributed by atoms with E-state index in [1.807, 2.05) is 0 Å². The Labute approximate surface area is 143 Å². The van der Waals surface area contributed by atoms with Crippen molar-refractivity contribution in [3.05, 3.63) is 78.0 Å². The van der Waals surface area contributed by atoms with E-state index in [2.05, 4.69) is 10.3 Å². The van der Waals surface area contributed by atoms with Gasteiger partial charge in [0.2, 0.25) is 5.91 Å². The van der Waals surface area contributed by atoms with E-state index in [9.17, 15) is 13.6 Å². The van der Waals surface area contributed by atoms with Crippen LogP contribution in [0.3, 0.4) is 0 Å². The average molecular weight is 339 g/mol. The Morgan fingerprint density at radius 1 is 1.04 bits per heavy atom. The van der Waals surface area contributed by atoms with Crippen LogP contribution in [-0.2, 0) is 11.2 Å². The third-order valence-electron chi connectivity index (χ3n) is 3.63. The second-order valence-electron chi connectivity index (χ2n) is 5.50. The van der Waals surface area contributed by atoms with Crippen molar-refractivity contribution in [1.82, 2.24) is 4.98 Å². The van der Waals surface area contributed by atoms with Crippen LogP contribution >= 0.6 is 0 Å². The van der Waals surface area contributed by atoms with Crippen LogP contribution in [0.4, 0.5) is 20.3 Å². The Morgan fingerprint density at radius 2 is 1.80 bits per heavy atom. The molecule has 6 heteroatoms. The van der Waals surface area contributed by atoms with Gasteiger partial charge in [-0.1, -0.05) is 24.3 Å². The number of carbonyl (C=O) groups excluding carboxylic acids is 1. The Balaban J connectivity index is 1.74. The predicted molar refractivity (Wildman–Crippen MR) is 92.2 cm³/mol. The zero-order valence-corrected chi connectivity index (χ0v) is 13.2. The molecule has 0 saturated carbocycles. The molecule has 4 nitrogen and oxygen atoms in total. The first-order valence-electron chi connectivity index (χ1n) is 7.57. The van der Waals surface area contributed by atoms with Gasteiger partial charge in [-0.05, 0) is 35.9 Å². The summed E-state index contributed by atoms with van der Waals surface area (Å²) in [6, 6.07) is 14.6. The number of pyridine rings is 1. The van der Waals surface area contributed by atoms with Gasteiger partial charge in [-0.2, -0.15) is 0 Å². The molecule has 3 N–H and O–H groups in total. The predicted octanol–water partition coefficient (Wildman–Crippen LogP) is 3.80. The first kappa shape index (κ1) is 16.6. The zero-order valence-electron chi connectivity index (χ0n) is 13.2. The lowest BCUT2D eigenvalue weighted by molar-refractivity contribution is -0.117. The molecule has 0 aliphatic rings. The maximum atomic E-state index is 13.8. The fourth-order valence-electron chi connectivity index (χ4n) is 2.41. The summed E-state index contributed by atoms with van der Waals surface area (Å²) in [4.78, 5) is 15.1. The molecule has 0 unspecified atom stereocenters. The number of primary amides is 1. The van der Waals surface area contributed by atoms with E-state index < -0.39 is 11.6 Å². The molecule has 0 aliphatic carbocycles. The topological polar surface area (TPSA) is 68.0 Å². The van der Waals surface area contributed by atoms with Gasteiger partial charge in [0.05, 0.1) is 6.42 Å². The average Bonchev–Trinajstić information content (AvgIpc) is 2.59. The lowest BCUT2D eigenvalue weighted by Crippen LogP contribution is -2.13. The van der Waals surface area contributed by atoms with Gasteiger partial charge in [-0.25, -0.2) is 13.8 Å². The molecule has 0 spiro atoms. The Morgan fingerprint density at radius 3 is 2.44 bits per heavy atom. The number of nitrogens with two attached hydrogens (primary N) is 1. The van der Waals surface area contributed by atoms with E-state index in [-0.39, 0.29) is 17.9 Å². The quantitative estimate of drug-likeness (QED) is 0.743. The second-order valence-corrected chi connectivity index (χ2v) is 5.50. The number of nitrogens with one attached hydrogen (secondary N) is 1. The molecule has 0 atom stereocenters. The normalized spacial score (nSPS) is 10.5. The van der Waals surface area contributed by atoms with Gasteiger partial charge in [0.15, 0.2) is 11.6 Å². The Hall–Kier alpha value is -3.28. The zero-order chi connectivity index (χ0) is 17.8. The maximum Gasteiger partial charge on any atom is 0.221 e. The van der Waals surface area contributed by atoms with Crippen LogP contribution in [0.25, 0.3) is 11.1 Å². The van der Waals surface area contributed by atoms with Gasteiger partial charge >= 0.3 is 0 Å². The van der Waals surface area contributed by atoms with Gasteiger partial charge in [-0.15, -0.1) is 0 Å². The number of carbonyl (C=O) groups is 1. The van der Waals surface area contributed by atoms with E-state index in [1.165, 1.54) is 18.3 Å². The first-order chi connectivity index (χ1) is 12.0. The number of benzene rings is 2. The minimum atomic E-state index is -0.893. The summed E-state index contributed by atoms with van der Waals surface area (Å²) >= 11 is 0. The van der Waals surface area contributed by atoms with Crippen molar-refractivity contribution in [2.75, 3.05) is 5.32 Å². The lowest BCUT2D eigenvalue weighted by atomic mass is 10.1. The monoisotopic (exact) mass is 339 g/mol. The van der Waals surface area contributed by atoms with E-state index in [0.29, 0.717) is 11.4 Å². The summed E-state index contributed by atoms with van der Waals surface area (Å²) in [7, 11) is 0. The fourth-order valence-corrected chi connectivity index (χ4v) is 2.41. The summed E-state index contributed by atoms with van der Waals surface area (Å²) in [5.41, 5.74) is 7.41. The van der Waals surface area contributed by atoms with Crippen LogP contribution in [0.1, 0.15) is 5.56 Å². The highest BCUT2D eigenvalue weighted by atomic mass is 19.2. The molecule has 1 aromatic heterocycles. The number of nitrogens with zero attached hydrogens (tertiary/aromatic N) is 1. The summed E-state index contributed by atoms with van der Waals surface area (Å²) < 4.78 is 27.1. The van der Waals surface area contributed by atoms with Crippen LogP contribution in [-0.4, -0.2) is 10.9 Å². The van der Waals surface area contributed by atoms with Crippen molar-refractivity contribution < 1.29 is 13.6 Å². The largest absolute Gasteiger partial charge is 0.369 e. The fraction of sp³-hybridized carbons (Fsp3) is 0.0526. The number of aromatic nitrogens is 1. The number of amides is 1. The second kappa shape index (κ2) is 7.09. The third-order valence-corrected chi connectivity index (χ3v) is 3.63. The molecule has 3 aromatic rings. The van der Waals surface area contributed by atoms with Gasteiger partial charge in [0.1, 0.15) is 5.82 Å². The molecular weight excluding hydrogens is 324 g/mol. The highest BCUT2D eigenvalue weighted by Crippen LogP contribution is 2.25. The molecule has 0 aliphatic heterocycles. The smallest absolute Gasteiger partial charge is 0.221 e. The number of hydrogen-bond donors (Lipinski definition) is 2. The molecule has 0 radical (unpaired) electrons. The van der Waals surface area contributed by atoms with E-state index >= 15 is 0 Å². The Kier molecular flexibility index (Phi) is 4.70. The summed E-state index contributed by atoms with van der Waals surface area (Å²) in [5, 5.41) is 3.09. The third kappa shape index (κ3) is 3.98. The molecule has 0 bridgehead atoms. The van der Waals surface area contributed by atoms with Crippen LogP contribution in [0.2, 0.25) is 0 Å². The summed E-state index contributed by atoms with van der Waals surface area (Å²) in [6.45, 7) is 0. The van der Waals surface area contributed by atoms with Gasteiger partial charge in [0, 0.05) is 23.0 Å². The number of rotatable bonds is 5. The van der Waals surface area contributed by atoms with Crippen molar-refractivity contribution in [2.45, 2.75) is 6.42 Å². The van der Waals surface area contributed by atoms with Crippen LogP contribution in [0.15, 0.2) is 60.8 Å². The molecule has 25 heavy (non-hydrogen) atoms. The number of halogens is 2. The standard InChI is InChI=1S/C19H15F2N3O/c20-16-3-1-2-15(19(16)21)13-6-9-18(23-11-13)24-14-7-4-12(5-8-14)10-17(22)25/h1-9,11H,10H2,(H2,22,25)(H,23,24). The number of anilines is 2. The molecule has 2 aromatic carbocycles. The molecule has 1 amide bonds. The first-order valence-corrected chi connectivity index (χ1v) is 7.57. The van der Waals surface area contributed by atoms with Crippen molar-refractivity contribution in [3.8, 4) is 11.1 Å². The van der Waals surface area contributed by atoms with Gasteiger partial charge in [-0.3, -0.25) is 4.79 Å². The van der Waals surface area contributed by atoms with Crippen molar-refractivity contribution >= 4 is 17.4 Å². The van der Waals surface area contributed by atoms with Crippen molar-refractivity contribution in [1.29, 1.82) is 0 Å². The molecule has 3 rings (SSSR count). The van der Waals surface area contributed by atoms with E-state index in [4.69, 9.17) is 5.73 Å². The highest BCUT2D eigenvalue weighted by molar-refractivity contribution is 5.76. The van der Waals surface area contributed by atoms with Crippen LogP contribution in [0.5, 0.6) is 0 Å². The molecule has 1 heterocycles. The molecular formula is C19H15F2N3O. The molecule has 126 valence electrons. The minimum Gasteiger partial charge on any atom is -0.369 e. The number of hydrogen-bond acceptors (Lipinski definition) is 3. The highest BCUT2D eigenvalue weighted by Gasteiger charge is 2.10. The van der Waals surface area contributed by atoms with E-state index in [0.717, 1.165) is 17.3 Å². The SMILES string of the molecule is NC(=O)Cc1ccc(Nc2ccc(-c3cccc(F)c3F)cn2)cc1. The summed E-state index contributed by atoms with van der Waals surface area (Å²) in [5.74, 6) is -1.61. The Bertz CT molecular complexity index is 894. The molecule has 0 fully saturated rings. The maximum absolute atomic E-state index is 13.8. The van der Waals surface area contributed by atoms with Gasteiger partial charge in [0.25, 0.3) is 0 Å². The van der Waals surface area contributed by atoms with Crippen LogP contribution in [0, 0.1) is 11.6 Å². The summed E-state index contributed by atoms with van der Waals surface area (Å²) in [6.07, 6.45) is 1.66. The molecule has 0 saturated heterocycles. The lowest BCUT2D eigenvalue weighted by Gasteiger charge is -2.08. The van der Waals surface area contributed by atoms with Crippen LogP contribution < -0.4 is 11.1 Å². The van der Waals surface area contributed by atoms with Crippen molar-refractivity contribution in [2.24, 2.45) is 5.73 Å². The van der Waals surface area contributed by atoms with Crippen molar-refractivity contribution in [3.63, 3.8) is 0 Å². The minimum absolute atomic E-state index is 0.162. The van der Waals surface area contributed by atoms with E-state index in [1.54, 1.807) is 36.4 Å².